The molecule has 0 aromatic carbocycles. The lowest BCUT2D eigenvalue weighted by molar-refractivity contribution is -0.144. The highest BCUT2D eigenvalue weighted by molar-refractivity contribution is 14.2. The Morgan fingerprint density at radius 1 is 1.59 bits per heavy atom. The average Bonchev–Trinajstić information content (AvgIpc) is 2.62. The van der Waals surface area contributed by atoms with Crippen LogP contribution in [0.1, 0.15) is 25.5 Å². The maximum absolute atomic E-state index is 13.8. The van der Waals surface area contributed by atoms with Crippen molar-refractivity contribution in [2.45, 2.75) is 19.8 Å². The van der Waals surface area contributed by atoms with Crippen LogP contribution in [0.25, 0.3) is 0 Å². The molecule has 0 amide bonds. The average molecular weight is 375 g/mol. The van der Waals surface area contributed by atoms with E-state index >= 15 is 0 Å². The molecule has 1 aromatic rings. The third-order valence-electron chi connectivity index (χ3n) is 2.17. The molecule has 0 aliphatic rings. The minimum absolute atomic E-state index is 0.0191. The molecule has 0 saturated heterocycles. The lowest BCUT2D eigenvalue weighted by Crippen LogP contribution is -2.20. The highest BCUT2D eigenvalue weighted by Gasteiger charge is 2.34. The largest absolute Gasteiger partial charge is 0.468 e. The van der Waals surface area contributed by atoms with Crippen LogP contribution in [-0.4, -0.2) is 18.2 Å². The minimum Gasteiger partial charge on any atom is -0.468 e. The molecule has 0 spiro atoms. The molecule has 1 rings (SSSR count). The fraction of sp³-hybridized carbons (Fsp3) is 0.556. The van der Waals surface area contributed by atoms with Gasteiger partial charge < -0.3 is 13.8 Å². The summed E-state index contributed by atoms with van der Waals surface area (Å²) >= 11 is 1.93. The smallest absolute Gasteiger partial charge is 0.316 e. The molecule has 0 fully saturated rings. The molecule has 0 aliphatic carbocycles. The molecule has 8 heteroatoms. The van der Waals surface area contributed by atoms with Gasteiger partial charge in [0, 0.05) is 0 Å². The van der Waals surface area contributed by atoms with Crippen molar-refractivity contribution >= 4 is 34.5 Å². The normalized spacial score (nSPS) is 13.3. The molecule has 17 heavy (non-hydrogen) atoms. The third-order valence-corrected chi connectivity index (χ3v) is 3.10. The Bertz CT molecular complexity index is 398. The zero-order valence-corrected chi connectivity index (χ0v) is 12.6. The minimum atomic E-state index is -0.817. The predicted molar refractivity (Wildman–Crippen MR) is 69.0 cm³/mol. The number of carbonyl (C=O) groups is 1. The van der Waals surface area contributed by atoms with Gasteiger partial charge >= 0.3 is 5.97 Å². The van der Waals surface area contributed by atoms with E-state index in [1.54, 1.807) is 13.8 Å². The van der Waals surface area contributed by atoms with Gasteiger partial charge in [-0.05, 0) is 33.1 Å². The van der Waals surface area contributed by atoms with Crippen molar-refractivity contribution in [3.05, 3.63) is 11.6 Å². The summed E-state index contributed by atoms with van der Waals surface area (Å²) in [5.41, 5.74) is 0. The van der Waals surface area contributed by atoms with Crippen LogP contribution in [0, 0.1) is 11.7 Å². The fourth-order valence-electron chi connectivity index (χ4n) is 1.38. The van der Waals surface area contributed by atoms with Crippen molar-refractivity contribution in [1.29, 1.82) is 0 Å². The highest BCUT2D eigenvalue weighted by Crippen LogP contribution is 2.35. The first-order valence-electron chi connectivity index (χ1n) is 4.78. The van der Waals surface area contributed by atoms with Crippen LogP contribution < -0.4 is 4.52 Å². The van der Waals surface area contributed by atoms with E-state index in [-0.39, 0.29) is 24.0 Å². The topological polar surface area (TPSA) is 61.6 Å². The number of carbonyl (C=O) groups excluding carboxylic acids is 1. The number of esters is 1. The van der Waals surface area contributed by atoms with Gasteiger partial charge in [-0.3, -0.25) is 4.79 Å². The van der Waals surface area contributed by atoms with Crippen molar-refractivity contribution in [2.75, 3.05) is 7.11 Å². The summed E-state index contributed by atoms with van der Waals surface area (Å²) in [5.74, 6) is -2.64. The SMILES string of the molecule is COC(=O)C(c1onc(OPI)c1F)C(C)C. The molecule has 1 aromatic heterocycles. The molecule has 0 radical (unpaired) electrons. The van der Waals surface area contributed by atoms with Crippen molar-refractivity contribution in [1.82, 2.24) is 5.16 Å². The number of hydrogen-bond donors (Lipinski definition) is 0. The molecule has 0 saturated carbocycles. The van der Waals surface area contributed by atoms with Crippen LogP contribution in [0.15, 0.2) is 4.52 Å². The second-order valence-corrected chi connectivity index (χ2v) is 5.27. The molecular weight excluding hydrogens is 363 g/mol. The van der Waals surface area contributed by atoms with Crippen LogP contribution in [0.3, 0.4) is 0 Å². The maximum atomic E-state index is 13.8. The first-order valence-corrected chi connectivity index (χ1v) is 8.80. The Morgan fingerprint density at radius 2 is 2.24 bits per heavy atom. The zero-order chi connectivity index (χ0) is 13.0. The van der Waals surface area contributed by atoms with Crippen molar-refractivity contribution in [3.63, 3.8) is 0 Å². The van der Waals surface area contributed by atoms with E-state index in [2.05, 4.69) is 9.89 Å². The van der Waals surface area contributed by atoms with Crippen LogP contribution in [0.4, 0.5) is 4.39 Å². The van der Waals surface area contributed by atoms with Crippen LogP contribution >= 0.6 is 28.5 Å². The van der Waals surface area contributed by atoms with E-state index in [4.69, 9.17) is 9.05 Å². The first kappa shape index (κ1) is 14.6. The van der Waals surface area contributed by atoms with E-state index in [0.29, 0.717) is 0 Å². The van der Waals surface area contributed by atoms with Gasteiger partial charge in [0.25, 0.3) is 5.88 Å². The lowest BCUT2D eigenvalue weighted by atomic mass is 9.93. The summed E-state index contributed by atoms with van der Waals surface area (Å²) in [6, 6.07) is 0. The first-order chi connectivity index (χ1) is 8.02. The molecule has 96 valence electrons. The number of aromatic nitrogens is 1. The molecule has 0 aliphatic heterocycles. The Kier molecular flexibility index (Phi) is 5.58. The Labute approximate surface area is 113 Å². The van der Waals surface area contributed by atoms with Gasteiger partial charge in [-0.25, -0.2) is 0 Å². The predicted octanol–water partition coefficient (Wildman–Crippen LogP) is 3.05. The van der Waals surface area contributed by atoms with Gasteiger partial charge in [-0.2, -0.15) is 4.39 Å². The van der Waals surface area contributed by atoms with Crippen LogP contribution in [0.2, 0.25) is 0 Å². The zero-order valence-electron chi connectivity index (χ0n) is 9.49. The van der Waals surface area contributed by atoms with Gasteiger partial charge in [0.1, 0.15) is 12.4 Å². The quantitative estimate of drug-likeness (QED) is 0.450. The highest BCUT2D eigenvalue weighted by atomic mass is 127. The second-order valence-electron chi connectivity index (χ2n) is 3.59. The van der Waals surface area contributed by atoms with E-state index < -0.39 is 17.7 Å². The summed E-state index contributed by atoms with van der Waals surface area (Å²) in [7, 11) is 1.25. The molecule has 2 atom stereocenters. The van der Waals surface area contributed by atoms with Gasteiger partial charge in [0.05, 0.1) is 7.11 Å². The molecule has 0 N–H and O–H groups in total. The Morgan fingerprint density at radius 3 is 2.71 bits per heavy atom. The summed E-state index contributed by atoms with van der Waals surface area (Å²) in [5, 5.41) is 3.45. The number of nitrogens with zero attached hydrogens (tertiary/aromatic N) is 1. The van der Waals surface area contributed by atoms with E-state index in [1.165, 1.54) is 7.11 Å². The molecular formula is C9H12FINO4P. The van der Waals surface area contributed by atoms with Crippen molar-refractivity contribution in [2.24, 2.45) is 5.92 Å². The maximum Gasteiger partial charge on any atom is 0.316 e. The summed E-state index contributed by atoms with van der Waals surface area (Å²) in [6.07, 6.45) is 0. The summed E-state index contributed by atoms with van der Waals surface area (Å²) < 4.78 is 28.2. The monoisotopic (exact) mass is 375 g/mol. The van der Waals surface area contributed by atoms with E-state index in [1.807, 2.05) is 22.0 Å². The van der Waals surface area contributed by atoms with Crippen molar-refractivity contribution in [3.8, 4) is 5.88 Å². The Hall–Kier alpha value is -0.430. The van der Waals surface area contributed by atoms with Gasteiger partial charge in [-0.15, -0.1) is 0 Å². The lowest BCUT2D eigenvalue weighted by Gasteiger charge is -2.14. The third kappa shape index (κ3) is 3.28. The second kappa shape index (κ2) is 6.49. The molecule has 2 unspecified atom stereocenters. The van der Waals surface area contributed by atoms with Gasteiger partial charge in [0.2, 0.25) is 5.82 Å². The standard InChI is InChI=1S/C9H12FINO4P/c1-4(2)5(9(13)14-3)7-6(10)8(12-15-7)16-17-11/h4-5,17H,1-3H3. The summed E-state index contributed by atoms with van der Waals surface area (Å²) in [4.78, 5) is 11.6. The van der Waals surface area contributed by atoms with E-state index in [9.17, 15) is 9.18 Å². The molecule has 0 bridgehead atoms. The number of methoxy groups -OCH3 is 1. The van der Waals surface area contributed by atoms with Gasteiger partial charge in [-0.1, -0.05) is 13.8 Å². The van der Waals surface area contributed by atoms with Crippen molar-refractivity contribution < 1.29 is 23.0 Å². The summed E-state index contributed by atoms with van der Waals surface area (Å²) in [6.45, 7) is 3.56. The number of ether oxygens (including phenoxy) is 1. The molecule has 1 heterocycles. The van der Waals surface area contributed by atoms with E-state index in [0.717, 1.165) is 0 Å². The van der Waals surface area contributed by atoms with Gasteiger partial charge in [0.15, 0.2) is 5.76 Å². The van der Waals surface area contributed by atoms with Crippen LogP contribution in [0.5, 0.6) is 5.88 Å². The number of halogens is 2. The Balaban J connectivity index is 3.07. The fourth-order valence-corrected chi connectivity index (χ4v) is 2.20. The number of rotatable bonds is 5. The number of hydrogen-bond acceptors (Lipinski definition) is 5. The van der Waals surface area contributed by atoms with Crippen LogP contribution in [-0.2, 0) is 9.53 Å². The molecule has 5 nitrogen and oxygen atoms in total.